The number of hydrogen-bond acceptors (Lipinski definition) is 7. The van der Waals surface area contributed by atoms with Crippen LogP contribution < -0.4 is 20.3 Å². The number of nitrogens with one attached hydrogen (secondary N) is 1. The molecule has 9 heteroatoms. The van der Waals surface area contributed by atoms with Crippen molar-refractivity contribution in [1.82, 2.24) is 14.9 Å². The molecule has 0 fully saturated rings. The highest BCUT2D eigenvalue weighted by atomic mass is 32.2. The van der Waals surface area contributed by atoms with Crippen LogP contribution in [-0.4, -0.2) is 34.0 Å². The van der Waals surface area contributed by atoms with Crippen molar-refractivity contribution in [3.63, 3.8) is 0 Å². The number of aryl methyl sites for hydroxylation is 1. The predicted octanol–water partition coefficient (Wildman–Crippen LogP) is 4.46. The summed E-state index contributed by atoms with van der Waals surface area (Å²) < 4.78 is 13.1. The van der Waals surface area contributed by atoms with Crippen molar-refractivity contribution in [3.05, 3.63) is 81.5 Å². The Bertz CT molecular complexity index is 1400. The van der Waals surface area contributed by atoms with Crippen LogP contribution in [0.3, 0.4) is 0 Å². The first-order chi connectivity index (χ1) is 17.1. The van der Waals surface area contributed by atoms with Gasteiger partial charge in [0.15, 0.2) is 16.7 Å². The summed E-state index contributed by atoms with van der Waals surface area (Å²) >= 11 is 2.65. The molecule has 0 bridgehead atoms. The lowest BCUT2D eigenvalue weighted by Crippen LogP contribution is -2.34. The predicted molar refractivity (Wildman–Crippen MR) is 139 cm³/mol. The molecule has 0 saturated carbocycles. The van der Waals surface area contributed by atoms with Gasteiger partial charge in [-0.25, -0.2) is 4.98 Å². The Labute approximate surface area is 211 Å². The van der Waals surface area contributed by atoms with Gasteiger partial charge >= 0.3 is 0 Å². The number of ether oxygens (including phenoxy) is 2. The van der Waals surface area contributed by atoms with E-state index in [4.69, 9.17) is 14.5 Å². The van der Waals surface area contributed by atoms with Crippen molar-refractivity contribution in [2.24, 2.45) is 0 Å². The van der Waals surface area contributed by atoms with Gasteiger partial charge in [0.05, 0.1) is 17.8 Å². The molecule has 35 heavy (non-hydrogen) atoms. The van der Waals surface area contributed by atoms with E-state index in [1.54, 1.807) is 4.57 Å². The zero-order valence-corrected chi connectivity index (χ0v) is 20.9. The van der Waals surface area contributed by atoms with Gasteiger partial charge in [-0.2, -0.15) is 0 Å². The Kier molecular flexibility index (Phi) is 7.06. The lowest BCUT2D eigenvalue weighted by atomic mass is 10.1. The number of benzene rings is 2. The minimum absolute atomic E-state index is 0.0476. The number of carbonyl (C=O) groups excluding carboxylic acids is 1. The molecule has 0 unspecified atom stereocenters. The highest BCUT2D eigenvalue weighted by Crippen LogP contribution is 2.33. The van der Waals surface area contributed by atoms with E-state index in [9.17, 15) is 9.59 Å². The smallest absolute Gasteiger partial charge is 0.272 e. The average Bonchev–Trinajstić information content (AvgIpc) is 3.53. The quantitative estimate of drug-likeness (QED) is 0.266. The molecule has 1 atom stereocenters. The molecule has 7 nitrogen and oxygen atoms in total. The summed E-state index contributed by atoms with van der Waals surface area (Å²) in [6, 6.07) is 17.7. The lowest BCUT2D eigenvalue weighted by molar-refractivity contribution is -0.119. The van der Waals surface area contributed by atoms with Crippen molar-refractivity contribution in [2.45, 2.75) is 37.5 Å². The van der Waals surface area contributed by atoms with E-state index in [0.29, 0.717) is 33.4 Å². The molecule has 4 aromatic rings. The summed E-state index contributed by atoms with van der Waals surface area (Å²) in [5.41, 5.74) is 2.70. The van der Waals surface area contributed by atoms with Crippen LogP contribution >= 0.6 is 23.1 Å². The molecule has 0 saturated heterocycles. The minimum Gasteiger partial charge on any atom is -0.454 e. The third-order valence-corrected chi connectivity index (χ3v) is 7.63. The second-order valence-corrected chi connectivity index (χ2v) is 10.2. The van der Waals surface area contributed by atoms with Gasteiger partial charge in [-0.1, -0.05) is 48.2 Å². The summed E-state index contributed by atoms with van der Waals surface area (Å²) in [6.07, 6.45) is 1.76. The number of hydrogen-bond donors (Lipinski definition) is 1. The molecule has 1 aliphatic rings. The maximum Gasteiger partial charge on any atom is 0.272 e. The van der Waals surface area contributed by atoms with Gasteiger partial charge in [0, 0.05) is 6.04 Å². The Morgan fingerprint density at radius 3 is 2.83 bits per heavy atom. The fourth-order valence-corrected chi connectivity index (χ4v) is 5.53. The summed E-state index contributed by atoms with van der Waals surface area (Å²) in [6.45, 7) is 2.53. The molecule has 1 amide bonds. The molecule has 5 rings (SSSR count). The van der Waals surface area contributed by atoms with Crippen LogP contribution in [0.5, 0.6) is 11.5 Å². The van der Waals surface area contributed by atoms with E-state index in [0.717, 1.165) is 18.4 Å². The molecule has 1 N–H and O–H groups in total. The number of thioether (sulfide) groups is 1. The summed E-state index contributed by atoms with van der Waals surface area (Å²) in [4.78, 5) is 30.6. The minimum atomic E-state index is -0.109. The summed E-state index contributed by atoms with van der Waals surface area (Å²) in [5, 5.41) is 5.44. The Balaban J connectivity index is 1.27. The number of fused-ring (bicyclic) bond motifs is 2. The van der Waals surface area contributed by atoms with Crippen molar-refractivity contribution < 1.29 is 14.3 Å². The highest BCUT2D eigenvalue weighted by Gasteiger charge is 2.18. The summed E-state index contributed by atoms with van der Waals surface area (Å²) in [5.74, 6) is 1.46. The second-order valence-electron chi connectivity index (χ2n) is 8.39. The lowest BCUT2D eigenvalue weighted by Gasteiger charge is -2.15. The zero-order chi connectivity index (χ0) is 24.2. The number of carbonyl (C=O) groups is 1. The van der Waals surface area contributed by atoms with Gasteiger partial charge in [-0.15, -0.1) is 11.3 Å². The third-order valence-electron chi connectivity index (χ3n) is 5.76. The van der Waals surface area contributed by atoms with Crippen LogP contribution in [-0.2, 0) is 17.8 Å². The van der Waals surface area contributed by atoms with Gasteiger partial charge in [-0.3, -0.25) is 14.2 Å². The topological polar surface area (TPSA) is 82.5 Å². The van der Waals surface area contributed by atoms with E-state index >= 15 is 0 Å². The van der Waals surface area contributed by atoms with Crippen LogP contribution in [0.2, 0.25) is 0 Å². The van der Waals surface area contributed by atoms with Gasteiger partial charge in [0.1, 0.15) is 4.70 Å². The van der Waals surface area contributed by atoms with Gasteiger partial charge in [-0.05, 0) is 54.5 Å². The van der Waals surface area contributed by atoms with Crippen molar-refractivity contribution >= 4 is 39.2 Å². The summed E-state index contributed by atoms with van der Waals surface area (Å²) in [7, 11) is 0. The number of nitrogens with zero attached hydrogens (tertiary/aromatic N) is 2. The standard InChI is InChI=1S/C26H25N3O4S2/c1-17(7-8-18-5-3-2-4-6-18)27-23(30)15-35-26-28-20-11-12-34-24(20)25(31)29(26)14-19-9-10-21-22(13-19)33-16-32-21/h2-6,9-13,17H,7-8,14-16H2,1H3,(H,27,30)/t17-/m1/s1. The van der Waals surface area contributed by atoms with Crippen LogP contribution in [0.25, 0.3) is 10.2 Å². The maximum absolute atomic E-state index is 13.3. The van der Waals surface area contributed by atoms with Gasteiger partial charge < -0.3 is 14.8 Å². The van der Waals surface area contributed by atoms with Crippen molar-refractivity contribution in [1.29, 1.82) is 0 Å². The van der Waals surface area contributed by atoms with Crippen LogP contribution in [0.4, 0.5) is 0 Å². The van der Waals surface area contributed by atoms with E-state index in [2.05, 4.69) is 17.4 Å². The highest BCUT2D eigenvalue weighted by molar-refractivity contribution is 7.99. The number of aromatic nitrogens is 2. The fourth-order valence-electron chi connectivity index (χ4n) is 3.94. The van der Waals surface area contributed by atoms with Gasteiger partial charge in [0.25, 0.3) is 5.56 Å². The molecule has 0 spiro atoms. The van der Waals surface area contributed by atoms with E-state index in [-0.39, 0.29) is 30.1 Å². The molecule has 3 heterocycles. The Hall–Kier alpha value is -3.30. The Morgan fingerprint density at radius 2 is 1.97 bits per heavy atom. The second kappa shape index (κ2) is 10.5. The van der Waals surface area contributed by atoms with Crippen molar-refractivity contribution in [3.8, 4) is 11.5 Å². The molecule has 180 valence electrons. The molecular weight excluding hydrogens is 482 g/mol. The monoisotopic (exact) mass is 507 g/mol. The first-order valence-corrected chi connectivity index (χ1v) is 13.3. The molecule has 2 aromatic carbocycles. The molecular formula is C26H25N3O4S2. The average molecular weight is 508 g/mol. The maximum atomic E-state index is 13.3. The molecule has 0 aliphatic carbocycles. The van der Waals surface area contributed by atoms with E-state index in [1.165, 1.54) is 28.7 Å². The van der Waals surface area contributed by atoms with Crippen LogP contribution in [0, 0.1) is 0 Å². The zero-order valence-electron chi connectivity index (χ0n) is 19.2. The molecule has 2 aromatic heterocycles. The van der Waals surface area contributed by atoms with E-state index < -0.39 is 0 Å². The largest absolute Gasteiger partial charge is 0.454 e. The fraction of sp³-hybridized carbons (Fsp3) is 0.269. The Morgan fingerprint density at radius 1 is 1.14 bits per heavy atom. The van der Waals surface area contributed by atoms with Crippen molar-refractivity contribution in [2.75, 3.05) is 12.5 Å². The third kappa shape index (κ3) is 5.52. The first-order valence-electron chi connectivity index (χ1n) is 11.4. The molecule has 0 radical (unpaired) electrons. The number of thiophene rings is 1. The van der Waals surface area contributed by atoms with Crippen LogP contribution in [0.15, 0.2) is 69.9 Å². The number of amides is 1. The van der Waals surface area contributed by atoms with Gasteiger partial charge in [0.2, 0.25) is 12.7 Å². The van der Waals surface area contributed by atoms with E-state index in [1.807, 2.05) is 54.8 Å². The number of rotatable bonds is 9. The SMILES string of the molecule is C[C@H](CCc1ccccc1)NC(=O)CSc1nc2ccsc2c(=O)n1Cc1ccc2c(c1)OCO2. The first kappa shape index (κ1) is 23.4. The van der Waals surface area contributed by atoms with Crippen LogP contribution in [0.1, 0.15) is 24.5 Å². The normalized spacial score (nSPS) is 13.2. The molecule has 1 aliphatic heterocycles.